The maximum Gasteiger partial charge on any atom is 0.123 e. The molecule has 0 saturated carbocycles. The van der Waals surface area contributed by atoms with E-state index >= 15 is 0 Å². The van der Waals surface area contributed by atoms with Crippen LogP contribution in [-0.2, 0) is 0 Å². The molecule has 0 radical (unpaired) electrons. The van der Waals surface area contributed by atoms with Gasteiger partial charge in [0.2, 0.25) is 0 Å². The average molecular weight is 278 g/mol. The number of rotatable bonds is 5. The molecule has 1 heterocycles. The summed E-state index contributed by atoms with van der Waals surface area (Å²) in [5.74, 6) is -0.169. The Bertz CT molecular complexity index is 417. The molecule has 1 saturated heterocycles. The monoisotopic (exact) mass is 278 g/mol. The zero-order valence-electron chi connectivity index (χ0n) is 12.7. The van der Waals surface area contributed by atoms with E-state index < -0.39 is 0 Å². The highest BCUT2D eigenvalue weighted by molar-refractivity contribution is 5.22. The number of nitrogens with zero attached hydrogens (tertiary/aromatic N) is 1. The topological polar surface area (TPSA) is 29.3 Å². The molecule has 1 aliphatic heterocycles. The Balaban J connectivity index is 2.26. The molecule has 2 N–H and O–H groups in total. The van der Waals surface area contributed by atoms with E-state index in [9.17, 15) is 4.39 Å². The lowest BCUT2D eigenvalue weighted by Crippen LogP contribution is -2.47. The number of hydrogen-bond donors (Lipinski definition) is 1. The minimum atomic E-state index is -0.169. The van der Waals surface area contributed by atoms with Gasteiger partial charge in [0.1, 0.15) is 5.82 Å². The first-order chi connectivity index (χ1) is 9.63. The number of benzene rings is 1. The van der Waals surface area contributed by atoms with E-state index in [-0.39, 0.29) is 17.9 Å². The van der Waals surface area contributed by atoms with Gasteiger partial charge in [0.25, 0.3) is 0 Å². The molecule has 1 aromatic carbocycles. The van der Waals surface area contributed by atoms with Crippen LogP contribution in [-0.4, -0.2) is 23.5 Å². The van der Waals surface area contributed by atoms with Crippen molar-refractivity contribution in [1.29, 1.82) is 0 Å². The Labute approximate surface area is 122 Å². The summed E-state index contributed by atoms with van der Waals surface area (Å²) < 4.78 is 13.5. The van der Waals surface area contributed by atoms with Crippen molar-refractivity contribution in [2.75, 3.05) is 6.54 Å². The molecule has 1 fully saturated rings. The van der Waals surface area contributed by atoms with Crippen LogP contribution in [0.4, 0.5) is 4.39 Å². The van der Waals surface area contributed by atoms with Gasteiger partial charge in [-0.05, 0) is 50.4 Å². The Morgan fingerprint density at radius 3 is 2.85 bits per heavy atom. The van der Waals surface area contributed by atoms with Crippen molar-refractivity contribution in [2.45, 2.75) is 64.1 Å². The molecular weight excluding hydrogens is 251 g/mol. The molecule has 3 atom stereocenters. The summed E-state index contributed by atoms with van der Waals surface area (Å²) >= 11 is 0. The van der Waals surface area contributed by atoms with Crippen molar-refractivity contribution < 1.29 is 4.39 Å². The fourth-order valence-corrected chi connectivity index (χ4v) is 3.52. The summed E-state index contributed by atoms with van der Waals surface area (Å²) in [5.41, 5.74) is 7.26. The van der Waals surface area contributed by atoms with E-state index in [1.807, 2.05) is 13.0 Å². The lowest BCUT2D eigenvalue weighted by molar-refractivity contribution is 0.0763. The third-order valence-electron chi connectivity index (χ3n) is 4.34. The number of nitrogens with two attached hydrogens (primary N) is 1. The van der Waals surface area contributed by atoms with E-state index in [2.05, 4.69) is 11.8 Å². The van der Waals surface area contributed by atoms with Gasteiger partial charge in [-0.3, -0.25) is 4.90 Å². The molecule has 0 amide bonds. The van der Waals surface area contributed by atoms with Crippen molar-refractivity contribution in [3.8, 4) is 0 Å². The first kappa shape index (κ1) is 15.5. The smallest absolute Gasteiger partial charge is 0.123 e. The molecule has 0 bridgehead atoms. The van der Waals surface area contributed by atoms with Gasteiger partial charge in [0.05, 0.1) is 0 Å². The summed E-state index contributed by atoms with van der Waals surface area (Å²) in [6, 6.07) is 7.67. The molecule has 3 unspecified atom stereocenters. The highest BCUT2D eigenvalue weighted by Gasteiger charge is 2.31. The number of likely N-dealkylation sites (tertiary alicyclic amines) is 1. The molecule has 3 heteroatoms. The normalized spacial score (nSPS) is 23.5. The lowest BCUT2D eigenvalue weighted by atomic mass is 9.91. The second kappa shape index (κ2) is 7.19. The minimum absolute atomic E-state index is 0.00857. The molecule has 1 aliphatic rings. The summed E-state index contributed by atoms with van der Waals surface area (Å²) in [6.45, 7) is 5.34. The van der Waals surface area contributed by atoms with Gasteiger partial charge in [-0.15, -0.1) is 0 Å². The molecule has 2 nitrogen and oxygen atoms in total. The van der Waals surface area contributed by atoms with Gasteiger partial charge in [-0.25, -0.2) is 4.39 Å². The Morgan fingerprint density at radius 1 is 1.40 bits per heavy atom. The van der Waals surface area contributed by atoms with Crippen LogP contribution in [0.25, 0.3) is 0 Å². The summed E-state index contributed by atoms with van der Waals surface area (Å²) in [4.78, 5) is 2.52. The maximum atomic E-state index is 13.5. The van der Waals surface area contributed by atoms with E-state index in [1.165, 1.54) is 38.2 Å². The molecule has 20 heavy (non-hydrogen) atoms. The van der Waals surface area contributed by atoms with Crippen molar-refractivity contribution in [2.24, 2.45) is 5.73 Å². The quantitative estimate of drug-likeness (QED) is 0.886. The highest BCUT2D eigenvalue weighted by atomic mass is 19.1. The molecule has 112 valence electrons. The predicted molar refractivity (Wildman–Crippen MR) is 82.0 cm³/mol. The van der Waals surface area contributed by atoms with E-state index in [1.54, 1.807) is 12.1 Å². The van der Waals surface area contributed by atoms with Gasteiger partial charge in [0, 0.05) is 18.1 Å². The Morgan fingerprint density at radius 2 is 2.20 bits per heavy atom. The summed E-state index contributed by atoms with van der Waals surface area (Å²) in [5, 5.41) is 0. The van der Waals surface area contributed by atoms with Crippen molar-refractivity contribution >= 4 is 0 Å². The second-order valence-corrected chi connectivity index (χ2v) is 6.04. The first-order valence-electron chi connectivity index (χ1n) is 7.90. The molecule has 0 aromatic heterocycles. The second-order valence-electron chi connectivity index (χ2n) is 6.04. The summed E-state index contributed by atoms with van der Waals surface area (Å²) in [6.07, 6.45) is 6.16. The fourth-order valence-electron chi connectivity index (χ4n) is 3.52. The minimum Gasteiger partial charge on any atom is -0.326 e. The Kier molecular flexibility index (Phi) is 5.55. The predicted octanol–water partition coefficient (Wildman–Crippen LogP) is 3.87. The van der Waals surface area contributed by atoms with Gasteiger partial charge in [0.15, 0.2) is 0 Å². The number of piperidine rings is 1. The molecule has 0 aliphatic carbocycles. The molecular formula is C17H27FN2. The van der Waals surface area contributed by atoms with E-state index in [4.69, 9.17) is 5.73 Å². The molecule has 1 aromatic rings. The Hall–Kier alpha value is -0.930. The van der Waals surface area contributed by atoms with Gasteiger partial charge in [-0.1, -0.05) is 31.9 Å². The van der Waals surface area contributed by atoms with Gasteiger partial charge >= 0.3 is 0 Å². The zero-order valence-corrected chi connectivity index (χ0v) is 12.7. The van der Waals surface area contributed by atoms with Crippen LogP contribution in [0.15, 0.2) is 24.3 Å². The SMILES string of the molecule is CCCC1CCCCN1C(c1cccc(F)c1)C(C)N. The van der Waals surface area contributed by atoms with Crippen LogP contribution in [0.2, 0.25) is 0 Å². The highest BCUT2D eigenvalue weighted by Crippen LogP contribution is 2.32. The van der Waals surface area contributed by atoms with Crippen LogP contribution in [0.5, 0.6) is 0 Å². The zero-order chi connectivity index (χ0) is 14.5. The average Bonchev–Trinajstić information content (AvgIpc) is 2.41. The van der Waals surface area contributed by atoms with Crippen LogP contribution in [0.3, 0.4) is 0 Å². The van der Waals surface area contributed by atoms with E-state index in [0.717, 1.165) is 12.1 Å². The van der Waals surface area contributed by atoms with Crippen molar-refractivity contribution in [3.05, 3.63) is 35.6 Å². The molecule has 2 rings (SSSR count). The first-order valence-corrected chi connectivity index (χ1v) is 7.90. The van der Waals surface area contributed by atoms with Crippen molar-refractivity contribution in [3.63, 3.8) is 0 Å². The molecule has 0 spiro atoms. The standard InChI is InChI=1S/C17H27FN2/c1-3-7-16-10-4-5-11-20(16)17(13(2)19)14-8-6-9-15(18)12-14/h6,8-9,12-13,16-17H,3-5,7,10-11,19H2,1-2H3. The van der Waals surface area contributed by atoms with Crippen LogP contribution >= 0.6 is 0 Å². The van der Waals surface area contributed by atoms with Crippen molar-refractivity contribution in [1.82, 2.24) is 4.90 Å². The van der Waals surface area contributed by atoms with Gasteiger partial charge < -0.3 is 5.73 Å². The lowest BCUT2D eigenvalue weighted by Gasteiger charge is -2.43. The number of hydrogen-bond acceptors (Lipinski definition) is 2. The third kappa shape index (κ3) is 3.58. The van der Waals surface area contributed by atoms with Gasteiger partial charge in [-0.2, -0.15) is 0 Å². The number of halogens is 1. The van der Waals surface area contributed by atoms with Crippen LogP contribution in [0.1, 0.15) is 57.6 Å². The fraction of sp³-hybridized carbons (Fsp3) is 0.647. The van der Waals surface area contributed by atoms with E-state index in [0.29, 0.717) is 6.04 Å². The third-order valence-corrected chi connectivity index (χ3v) is 4.34. The van der Waals surface area contributed by atoms with Crippen LogP contribution in [0, 0.1) is 5.82 Å². The summed E-state index contributed by atoms with van der Waals surface area (Å²) in [7, 11) is 0. The maximum absolute atomic E-state index is 13.5. The van der Waals surface area contributed by atoms with Crippen LogP contribution < -0.4 is 5.73 Å². The largest absolute Gasteiger partial charge is 0.326 e.